The third-order valence-electron chi connectivity index (χ3n) is 6.90. The molecule has 28 heavy (non-hydrogen) atoms. The van der Waals surface area contributed by atoms with Crippen LogP contribution in [0.5, 0.6) is 0 Å². The van der Waals surface area contributed by atoms with Crippen LogP contribution in [-0.4, -0.2) is 88.9 Å². The first-order chi connectivity index (χ1) is 13.7. The summed E-state index contributed by atoms with van der Waals surface area (Å²) in [5.74, 6) is 2.01. The van der Waals surface area contributed by atoms with E-state index < -0.39 is 0 Å². The molecule has 0 bridgehead atoms. The highest BCUT2D eigenvalue weighted by atomic mass is 15.4. The van der Waals surface area contributed by atoms with Crippen LogP contribution in [0.4, 0.5) is 0 Å². The van der Waals surface area contributed by atoms with E-state index in [4.69, 9.17) is 0 Å². The summed E-state index contributed by atoms with van der Waals surface area (Å²) in [6, 6.07) is 0.351. The van der Waals surface area contributed by atoms with E-state index in [1.54, 1.807) is 6.33 Å². The summed E-state index contributed by atoms with van der Waals surface area (Å²) in [6.07, 6.45) is 10.2. The second-order valence-corrected chi connectivity index (χ2v) is 8.74. The van der Waals surface area contributed by atoms with Crippen molar-refractivity contribution >= 4 is 5.96 Å². The maximum atomic E-state index is 4.52. The van der Waals surface area contributed by atoms with Gasteiger partial charge >= 0.3 is 0 Å². The molecule has 2 N–H and O–H groups in total. The van der Waals surface area contributed by atoms with Gasteiger partial charge in [-0.2, -0.15) is 5.10 Å². The zero-order chi connectivity index (χ0) is 19.4. The fraction of sp³-hybridized carbons (Fsp3) is 0.850. The number of aromatic nitrogens is 3. The van der Waals surface area contributed by atoms with Crippen molar-refractivity contribution in [3.8, 4) is 0 Å². The van der Waals surface area contributed by atoms with Crippen molar-refractivity contribution in [1.82, 2.24) is 35.2 Å². The van der Waals surface area contributed by atoms with Crippen LogP contribution in [0.25, 0.3) is 0 Å². The average molecular weight is 389 g/mol. The molecule has 1 aromatic rings. The van der Waals surface area contributed by atoms with Crippen molar-refractivity contribution in [2.75, 3.05) is 46.8 Å². The quantitative estimate of drug-likeness (QED) is 0.585. The predicted octanol–water partition coefficient (Wildman–Crippen LogP) is 0.708. The first-order valence-corrected chi connectivity index (χ1v) is 11.0. The van der Waals surface area contributed by atoms with Gasteiger partial charge in [-0.05, 0) is 65.3 Å². The lowest BCUT2D eigenvalue weighted by atomic mass is 9.84. The lowest BCUT2D eigenvalue weighted by molar-refractivity contribution is 0.0172. The Morgan fingerprint density at radius 1 is 1.21 bits per heavy atom. The third kappa shape index (κ3) is 4.33. The van der Waals surface area contributed by atoms with Gasteiger partial charge < -0.3 is 15.5 Å². The van der Waals surface area contributed by atoms with Crippen LogP contribution in [0.1, 0.15) is 44.3 Å². The lowest BCUT2D eigenvalue weighted by Crippen LogP contribution is -2.62. The molecule has 0 spiro atoms. The molecule has 2 saturated heterocycles. The molecular formula is C20H36N8. The highest BCUT2D eigenvalue weighted by molar-refractivity contribution is 5.80. The zero-order valence-electron chi connectivity index (χ0n) is 17.5. The second kappa shape index (κ2) is 8.78. The van der Waals surface area contributed by atoms with Crippen LogP contribution >= 0.6 is 0 Å². The molecule has 1 unspecified atom stereocenters. The Kier molecular flexibility index (Phi) is 6.16. The van der Waals surface area contributed by atoms with E-state index in [2.05, 4.69) is 42.6 Å². The number of rotatable bonds is 4. The molecule has 1 aromatic heterocycles. The molecule has 8 heteroatoms. The van der Waals surface area contributed by atoms with E-state index in [1.165, 1.54) is 58.3 Å². The fourth-order valence-electron chi connectivity index (χ4n) is 5.00. The summed E-state index contributed by atoms with van der Waals surface area (Å²) in [5, 5.41) is 11.6. The number of hydrogen-bond acceptors (Lipinski definition) is 5. The minimum absolute atomic E-state index is 0.260. The number of piperidine rings is 2. The maximum Gasteiger partial charge on any atom is 0.191 e. The van der Waals surface area contributed by atoms with Gasteiger partial charge in [0.25, 0.3) is 0 Å². The molecule has 3 aliphatic heterocycles. The summed E-state index contributed by atoms with van der Waals surface area (Å²) in [4.78, 5) is 14.1. The van der Waals surface area contributed by atoms with Crippen LogP contribution in [0.15, 0.2) is 11.3 Å². The van der Waals surface area contributed by atoms with Crippen molar-refractivity contribution in [1.29, 1.82) is 0 Å². The average Bonchev–Trinajstić information content (AvgIpc) is 3.21. The number of nitrogens with one attached hydrogen (secondary N) is 2. The Bertz CT molecular complexity index is 655. The minimum atomic E-state index is 0.260. The van der Waals surface area contributed by atoms with Crippen molar-refractivity contribution < 1.29 is 0 Å². The smallest absolute Gasteiger partial charge is 0.191 e. The van der Waals surface area contributed by atoms with Gasteiger partial charge in [-0.25, -0.2) is 9.67 Å². The Morgan fingerprint density at radius 3 is 2.75 bits per heavy atom. The van der Waals surface area contributed by atoms with Gasteiger partial charge in [0.2, 0.25) is 0 Å². The molecule has 0 aliphatic carbocycles. The first kappa shape index (κ1) is 19.6. The number of hydrogen-bond donors (Lipinski definition) is 2. The number of aryl methyl sites for hydroxylation is 1. The number of likely N-dealkylation sites (tertiary alicyclic amines) is 2. The topological polar surface area (TPSA) is 73.6 Å². The zero-order valence-corrected chi connectivity index (χ0v) is 17.5. The van der Waals surface area contributed by atoms with Gasteiger partial charge in [0.15, 0.2) is 5.96 Å². The van der Waals surface area contributed by atoms with E-state index in [9.17, 15) is 0 Å². The molecule has 0 aromatic carbocycles. The van der Waals surface area contributed by atoms with Gasteiger partial charge in [0, 0.05) is 31.6 Å². The van der Waals surface area contributed by atoms with E-state index in [1.807, 2.05) is 11.7 Å². The van der Waals surface area contributed by atoms with E-state index >= 15 is 0 Å². The Labute approximate surface area is 168 Å². The van der Waals surface area contributed by atoms with Crippen LogP contribution in [-0.2, 0) is 13.0 Å². The molecule has 0 radical (unpaired) electrons. The molecule has 156 valence electrons. The van der Waals surface area contributed by atoms with Crippen molar-refractivity contribution in [3.63, 3.8) is 0 Å². The highest BCUT2D eigenvalue weighted by Gasteiger charge is 2.39. The summed E-state index contributed by atoms with van der Waals surface area (Å²) in [5.41, 5.74) is 0.260. The molecule has 1 atom stereocenters. The summed E-state index contributed by atoms with van der Waals surface area (Å²) >= 11 is 0. The Morgan fingerprint density at radius 2 is 2.00 bits per heavy atom. The molecule has 3 aliphatic rings. The number of guanidine groups is 1. The molecular weight excluding hydrogens is 352 g/mol. The number of aliphatic imine (C=N–C) groups is 1. The molecule has 2 fully saturated rings. The Balaban J connectivity index is 1.37. The summed E-state index contributed by atoms with van der Waals surface area (Å²) < 4.78 is 2.01. The van der Waals surface area contributed by atoms with Crippen LogP contribution in [0.2, 0.25) is 0 Å². The minimum Gasteiger partial charge on any atom is -0.355 e. The SMILES string of the molecule is CN=C(NCC1(N2CCCCC2)CCN(C)CC1)NC1CCc2ncnn2C1. The summed E-state index contributed by atoms with van der Waals surface area (Å²) in [6.45, 7) is 6.69. The van der Waals surface area contributed by atoms with Crippen LogP contribution in [0.3, 0.4) is 0 Å². The lowest BCUT2D eigenvalue weighted by Gasteiger charge is -2.50. The standard InChI is InChI=1S/C20H36N8/c1-21-19(25-17-6-7-18-23-16-24-28(18)14-17)22-15-20(8-12-26(2)13-9-20)27-10-4-3-5-11-27/h16-17H,3-15H2,1-2H3,(H2,21,22,25). The molecule has 0 saturated carbocycles. The normalized spacial score (nSPS) is 26.6. The highest BCUT2D eigenvalue weighted by Crippen LogP contribution is 2.30. The van der Waals surface area contributed by atoms with E-state index in [0.29, 0.717) is 6.04 Å². The third-order valence-corrected chi connectivity index (χ3v) is 6.90. The van der Waals surface area contributed by atoms with Crippen LogP contribution < -0.4 is 10.6 Å². The van der Waals surface area contributed by atoms with Crippen LogP contribution in [0, 0.1) is 0 Å². The van der Waals surface area contributed by atoms with Crippen molar-refractivity contribution in [3.05, 3.63) is 12.2 Å². The van der Waals surface area contributed by atoms with Gasteiger partial charge in [-0.15, -0.1) is 0 Å². The largest absolute Gasteiger partial charge is 0.355 e. The van der Waals surface area contributed by atoms with Gasteiger partial charge in [-0.3, -0.25) is 9.89 Å². The van der Waals surface area contributed by atoms with Gasteiger partial charge in [-0.1, -0.05) is 6.42 Å². The number of fused-ring (bicyclic) bond motifs is 1. The van der Waals surface area contributed by atoms with E-state index in [-0.39, 0.29) is 5.54 Å². The van der Waals surface area contributed by atoms with Gasteiger partial charge in [0.05, 0.1) is 6.54 Å². The molecule has 4 rings (SSSR count). The molecule has 4 heterocycles. The molecule has 0 amide bonds. The van der Waals surface area contributed by atoms with Crippen molar-refractivity contribution in [2.45, 2.75) is 63.1 Å². The monoisotopic (exact) mass is 388 g/mol. The number of nitrogens with zero attached hydrogens (tertiary/aromatic N) is 6. The molecule has 8 nitrogen and oxygen atoms in total. The van der Waals surface area contributed by atoms with Gasteiger partial charge in [0.1, 0.15) is 12.2 Å². The predicted molar refractivity (Wildman–Crippen MR) is 112 cm³/mol. The van der Waals surface area contributed by atoms with E-state index in [0.717, 1.165) is 37.7 Å². The second-order valence-electron chi connectivity index (χ2n) is 8.74. The Hall–Kier alpha value is -1.67. The summed E-state index contributed by atoms with van der Waals surface area (Å²) in [7, 11) is 4.12. The van der Waals surface area contributed by atoms with Crippen molar-refractivity contribution in [2.24, 2.45) is 4.99 Å². The first-order valence-electron chi connectivity index (χ1n) is 11.0. The maximum absolute atomic E-state index is 4.52. The fourth-order valence-corrected chi connectivity index (χ4v) is 5.00.